The van der Waals surface area contributed by atoms with Gasteiger partial charge >= 0.3 is 0 Å². The maximum atomic E-state index is 11.8. The van der Waals surface area contributed by atoms with Gasteiger partial charge in [0.2, 0.25) is 5.91 Å². The molecule has 2 saturated heterocycles. The third-order valence-electron chi connectivity index (χ3n) is 3.49. The van der Waals surface area contributed by atoms with Crippen LogP contribution >= 0.6 is 12.4 Å². The van der Waals surface area contributed by atoms with Crippen molar-refractivity contribution in [1.82, 2.24) is 10.2 Å². The summed E-state index contributed by atoms with van der Waals surface area (Å²) in [5.74, 6) is 0.898. The molecule has 2 aliphatic heterocycles. The molecule has 0 radical (unpaired) electrons. The second-order valence-corrected chi connectivity index (χ2v) is 4.59. The minimum absolute atomic E-state index is 0. The van der Waals surface area contributed by atoms with E-state index in [1.165, 1.54) is 0 Å². The highest BCUT2D eigenvalue weighted by atomic mass is 35.5. The average molecular weight is 249 g/mol. The lowest BCUT2D eigenvalue weighted by molar-refractivity contribution is -0.133. The van der Waals surface area contributed by atoms with Crippen molar-refractivity contribution in [2.75, 3.05) is 33.4 Å². The van der Waals surface area contributed by atoms with Gasteiger partial charge in [0.15, 0.2) is 0 Å². The molecular formula is C11H21ClN2O2. The summed E-state index contributed by atoms with van der Waals surface area (Å²) in [4.78, 5) is 13.7. The number of likely N-dealkylation sites (N-methyl/N-ethyl adjacent to an activating group) is 1. The number of halogens is 1. The number of carbonyl (C=O) groups is 1. The summed E-state index contributed by atoms with van der Waals surface area (Å²) in [5.41, 5.74) is 0. The van der Waals surface area contributed by atoms with E-state index in [1.807, 2.05) is 11.9 Å². The summed E-state index contributed by atoms with van der Waals surface area (Å²) in [5, 5.41) is 3.18. The van der Waals surface area contributed by atoms with Gasteiger partial charge in [0.1, 0.15) is 0 Å². The van der Waals surface area contributed by atoms with Crippen molar-refractivity contribution in [3.05, 3.63) is 0 Å². The third-order valence-corrected chi connectivity index (χ3v) is 3.49. The Morgan fingerprint density at radius 2 is 2.25 bits per heavy atom. The number of ether oxygens (including phenoxy) is 1. The molecule has 0 spiro atoms. The molecule has 0 aliphatic carbocycles. The van der Waals surface area contributed by atoms with Crippen molar-refractivity contribution in [3.8, 4) is 0 Å². The average Bonchev–Trinajstić information content (AvgIpc) is 2.63. The molecule has 2 aliphatic rings. The molecular weight excluding hydrogens is 228 g/mol. The maximum absolute atomic E-state index is 11.8. The van der Waals surface area contributed by atoms with Crippen LogP contribution in [0.4, 0.5) is 0 Å². The van der Waals surface area contributed by atoms with Crippen LogP contribution in [-0.4, -0.2) is 50.2 Å². The van der Waals surface area contributed by atoms with E-state index in [1.54, 1.807) is 0 Å². The molecule has 0 saturated carbocycles. The van der Waals surface area contributed by atoms with E-state index < -0.39 is 0 Å². The van der Waals surface area contributed by atoms with E-state index >= 15 is 0 Å². The van der Waals surface area contributed by atoms with Crippen molar-refractivity contribution in [2.45, 2.75) is 25.3 Å². The van der Waals surface area contributed by atoms with E-state index in [9.17, 15) is 4.79 Å². The van der Waals surface area contributed by atoms with Gasteiger partial charge in [0, 0.05) is 39.8 Å². The van der Waals surface area contributed by atoms with Crippen LogP contribution in [0.25, 0.3) is 0 Å². The number of hydrogen-bond acceptors (Lipinski definition) is 3. The van der Waals surface area contributed by atoms with Gasteiger partial charge in [-0.2, -0.15) is 0 Å². The van der Waals surface area contributed by atoms with Crippen molar-refractivity contribution >= 4 is 18.3 Å². The highest BCUT2D eigenvalue weighted by Gasteiger charge is 2.25. The lowest BCUT2D eigenvalue weighted by atomic mass is 10.0. The molecule has 0 aromatic rings. The molecule has 0 bridgehead atoms. The zero-order valence-electron chi connectivity index (χ0n) is 9.78. The molecule has 2 fully saturated rings. The minimum Gasteiger partial charge on any atom is -0.381 e. The molecule has 1 unspecified atom stereocenters. The van der Waals surface area contributed by atoms with E-state index in [2.05, 4.69) is 5.32 Å². The molecule has 16 heavy (non-hydrogen) atoms. The first-order valence-corrected chi connectivity index (χ1v) is 5.81. The molecule has 1 amide bonds. The number of nitrogens with zero attached hydrogens (tertiary/aromatic N) is 1. The van der Waals surface area contributed by atoms with Crippen LogP contribution in [0.5, 0.6) is 0 Å². The Kier molecular flexibility index (Phi) is 5.52. The SMILES string of the molecule is CN(C(=O)CCC1CCOC1)C1CNC1.Cl. The number of amides is 1. The first kappa shape index (κ1) is 13.7. The number of carbonyl (C=O) groups excluding carboxylic acids is 1. The standard InChI is InChI=1S/C11H20N2O2.ClH/c1-13(10-6-12-7-10)11(14)3-2-9-4-5-15-8-9;/h9-10,12H,2-8H2,1H3;1H. The van der Waals surface area contributed by atoms with Crippen LogP contribution in [0.3, 0.4) is 0 Å². The predicted molar refractivity (Wildman–Crippen MR) is 64.8 cm³/mol. The van der Waals surface area contributed by atoms with Crippen LogP contribution < -0.4 is 5.32 Å². The fraction of sp³-hybridized carbons (Fsp3) is 0.909. The lowest BCUT2D eigenvalue weighted by Gasteiger charge is -2.35. The number of hydrogen-bond donors (Lipinski definition) is 1. The Hall–Kier alpha value is -0.320. The fourth-order valence-electron chi connectivity index (χ4n) is 2.07. The van der Waals surface area contributed by atoms with Gasteiger partial charge in [-0.1, -0.05) is 0 Å². The van der Waals surface area contributed by atoms with Gasteiger partial charge in [-0.25, -0.2) is 0 Å². The van der Waals surface area contributed by atoms with E-state index in [0.717, 1.165) is 39.1 Å². The van der Waals surface area contributed by atoms with Gasteiger partial charge in [-0.15, -0.1) is 12.4 Å². The molecule has 2 rings (SSSR count). The largest absolute Gasteiger partial charge is 0.381 e. The number of nitrogens with one attached hydrogen (secondary N) is 1. The highest BCUT2D eigenvalue weighted by Crippen LogP contribution is 2.18. The number of rotatable bonds is 4. The summed E-state index contributed by atoms with van der Waals surface area (Å²) in [6.45, 7) is 3.63. The van der Waals surface area contributed by atoms with Crippen LogP contribution in [0, 0.1) is 5.92 Å². The first-order chi connectivity index (χ1) is 7.27. The van der Waals surface area contributed by atoms with Gasteiger partial charge in [0.05, 0.1) is 6.04 Å². The maximum Gasteiger partial charge on any atom is 0.222 e. The first-order valence-electron chi connectivity index (χ1n) is 5.81. The quantitative estimate of drug-likeness (QED) is 0.795. The van der Waals surface area contributed by atoms with Crippen LogP contribution in [0.1, 0.15) is 19.3 Å². The monoisotopic (exact) mass is 248 g/mol. The second kappa shape index (κ2) is 6.42. The van der Waals surface area contributed by atoms with Crippen molar-refractivity contribution in [3.63, 3.8) is 0 Å². The normalized spacial score (nSPS) is 24.7. The molecule has 94 valence electrons. The Morgan fingerprint density at radius 1 is 1.50 bits per heavy atom. The molecule has 4 nitrogen and oxygen atoms in total. The molecule has 2 heterocycles. The summed E-state index contributed by atoms with van der Waals surface area (Å²) < 4.78 is 5.29. The molecule has 0 aromatic heterocycles. The molecule has 1 N–H and O–H groups in total. The smallest absolute Gasteiger partial charge is 0.222 e. The minimum atomic E-state index is 0. The summed E-state index contributed by atoms with van der Waals surface area (Å²) in [7, 11) is 1.92. The Bertz CT molecular complexity index is 228. The van der Waals surface area contributed by atoms with Crippen LogP contribution in [0.15, 0.2) is 0 Å². The van der Waals surface area contributed by atoms with E-state index in [0.29, 0.717) is 18.4 Å². The summed E-state index contributed by atoms with van der Waals surface area (Å²) in [6.07, 6.45) is 2.80. The van der Waals surface area contributed by atoms with E-state index in [4.69, 9.17) is 4.74 Å². The second-order valence-electron chi connectivity index (χ2n) is 4.59. The van der Waals surface area contributed by atoms with E-state index in [-0.39, 0.29) is 18.3 Å². The van der Waals surface area contributed by atoms with Gasteiger partial charge in [-0.05, 0) is 18.8 Å². The van der Waals surface area contributed by atoms with Gasteiger partial charge in [0.25, 0.3) is 0 Å². The summed E-state index contributed by atoms with van der Waals surface area (Å²) in [6, 6.07) is 0.428. The Labute approximate surface area is 103 Å². The van der Waals surface area contributed by atoms with Crippen LogP contribution in [0.2, 0.25) is 0 Å². The fourth-order valence-corrected chi connectivity index (χ4v) is 2.07. The zero-order valence-corrected chi connectivity index (χ0v) is 10.6. The topological polar surface area (TPSA) is 41.6 Å². The van der Waals surface area contributed by atoms with Crippen molar-refractivity contribution in [1.29, 1.82) is 0 Å². The van der Waals surface area contributed by atoms with Crippen LogP contribution in [-0.2, 0) is 9.53 Å². The molecule has 5 heteroatoms. The Morgan fingerprint density at radius 3 is 2.75 bits per heavy atom. The van der Waals surface area contributed by atoms with Crippen molar-refractivity contribution < 1.29 is 9.53 Å². The van der Waals surface area contributed by atoms with Gasteiger partial charge in [-0.3, -0.25) is 4.79 Å². The predicted octanol–water partition coefficient (Wildman–Crippen LogP) is 0.655. The third kappa shape index (κ3) is 3.34. The summed E-state index contributed by atoms with van der Waals surface area (Å²) >= 11 is 0. The lowest BCUT2D eigenvalue weighted by Crippen LogP contribution is -2.57. The molecule has 1 atom stereocenters. The van der Waals surface area contributed by atoms with Crippen molar-refractivity contribution in [2.24, 2.45) is 5.92 Å². The molecule has 0 aromatic carbocycles. The highest BCUT2D eigenvalue weighted by molar-refractivity contribution is 5.85. The zero-order chi connectivity index (χ0) is 10.7. The Balaban J connectivity index is 0.00000128. The van der Waals surface area contributed by atoms with Gasteiger partial charge < -0.3 is 15.0 Å².